The first kappa shape index (κ1) is 10.7. The minimum absolute atomic E-state index is 0.630. The molecule has 3 N–H and O–H groups in total. The number of nitriles is 1. The van der Waals surface area contributed by atoms with E-state index in [4.69, 9.17) is 11.0 Å². The monoisotopic (exact) mass is 207 g/mol. The van der Waals surface area contributed by atoms with Crippen molar-refractivity contribution in [1.29, 1.82) is 5.26 Å². The van der Waals surface area contributed by atoms with E-state index in [0.29, 0.717) is 11.3 Å². The van der Waals surface area contributed by atoms with E-state index in [1.807, 2.05) is 0 Å². The highest BCUT2D eigenvalue weighted by atomic mass is 32.2. The average Bonchev–Trinajstić information content (AvgIpc) is 2.21. The molecule has 3 nitrogen and oxygen atoms in total. The Balaban J connectivity index is 2.70. The lowest BCUT2D eigenvalue weighted by atomic mass is 10.2. The van der Waals surface area contributed by atoms with E-state index in [0.717, 1.165) is 18.0 Å². The molecular formula is C10H13N3S. The summed E-state index contributed by atoms with van der Waals surface area (Å²) in [5.74, 6) is 1.02. The van der Waals surface area contributed by atoms with Crippen LogP contribution in [-0.4, -0.2) is 18.6 Å². The van der Waals surface area contributed by atoms with Gasteiger partial charge in [0, 0.05) is 12.3 Å². The van der Waals surface area contributed by atoms with Crippen LogP contribution in [0.1, 0.15) is 5.56 Å². The van der Waals surface area contributed by atoms with Crippen molar-refractivity contribution < 1.29 is 0 Å². The normalized spacial score (nSPS) is 9.43. The molecule has 0 bridgehead atoms. The van der Waals surface area contributed by atoms with Crippen molar-refractivity contribution >= 4 is 23.1 Å². The van der Waals surface area contributed by atoms with Crippen LogP contribution in [0.15, 0.2) is 18.2 Å². The van der Waals surface area contributed by atoms with E-state index in [1.54, 1.807) is 30.0 Å². The zero-order valence-corrected chi connectivity index (χ0v) is 8.90. The zero-order chi connectivity index (χ0) is 10.4. The molecular weight excluding hydrogens is 194 g/mol. The van der Waals surface area contributed by atoms with Crippen LogP contribution in [0.4, 0.5) is 11.4 Å². The van der Waals surface area contributed by atoms with Gasteiger partial charge in [0.2, 0.25) is 0 Å². The average molecular weight is 207 g/mol. The molecule has 0 saturated heterocycles. The first-order valence-electron chi connectivity index (χ1n) is 4.30. The Bertz CT molecular complexity index is 344. The molecule has 0 radical (unpaired) electrons. The van der Waals surface area contributed by atoms with Gasteiger partial charge in [-0.15, -0.1) is 0 Å². The summed E-state index contributed by atoms with van der Waals surface area (Å²) in [6.07, 6.45) is 2.05. The van der Waals surface area contributed by atoms with Crippen molar-refractivity contribution in [1.82, 2.24) is 0 Å². The predicted octanol–water partition coefficient (Wildman–Crippen LogP) is 1.92. The molecule has 0 fully saturated rings. The minimum Gasteiger partial charge on any atom is -0.397 e. The molecule has 1 aromatic carbocycles. The van der Waals surface area contributed by atoms with Crippen molar-refractivity contribution in [3.8, 4) is 6.07 Å². The number of rotatable bonds is 4. The number of hydrogen-bond donors (Lipinski definition) is 2. The SMILES string of the molecule is CSCCNc1cc(C#N)ccc1N. The van der Waals surface area contributed by atoms with Gasteiger partial charge >= 0.3 is 0 Å². The molecule has 0 atom stereocenters. The lowest BCUT2D eigenvalue weighted by Crippen LogP contribution is -2.06. The summed E-state index contributed by atoms with van der Waals surface area (Å²) in [5.41, 5.74) is 7.91. The molecule has 0 spiro atoms. The predicted molar refractivity (Wildman–Crippen MR) is 62.4 cm³/mol. The highest BCUT2D eigenvalue weighted by molar-refractivity contribution is 7.98. The van der Waals surface area contributed by atoms with Crippen LogP contribution in [0, 0.1) is 11.3 Å². The van der Waals surface area contributed by atoms with E-state index in [-0.39, 0.29) is 0 Å². The van der Waals surface area contributed by atoms with Gasteiger partial charge in [-0.3, -0.25) is 0 Å². The maximum atomic E-state index is 8.70. The smallest absolute Gasteiger partial charge is 0.0992 e. The van der Waals surface area contributed by atoms with Crippen molar-refractivity contribution in [3.05, 3.63) is 23.8 Å². The molecule has 0 heterocycles. The second-order valence-electron chi connectivity index (χ2n) is 2.83. The van der Waals surface area contributed by atoms with Crippen molar-refractivity contribution in [2.24, 2.45) is 0 Å². The fourth-order valence-corrected chi connectivity index (χ4v) is 1.37. The molecule has 0 unspecified atom stereocenters. The van der Waals surface area contributed by atoms with Crippen LogP contribution in [-0.2, 0) is 0 Å². The Morgan fingerprint density at radius 2 is 2.36 bits per heavy atom. The molecule has 0 aliphatic carbocycles. The van der Waals surface area contributed by atoms with Gasteiger partial charge in [-0.05, 0) is 24.5 Å². The third-order valence-corrected chi connectivity index (χ3v) is 2.42. The van der Waals surface area contributed by atoms with Crippen LogP contribution in [0.3, 0.4) is 0 Å². The zero-order valence-electron chi connectivity index (χ0n) is 8.08. The van der Waals surface area contributed by atoms with Crippen molar-refractivity contribution in [2.75, 3.05) is 29.6 Å². The Kier molecular flexibility index (Phi) is 4.14. The molecule has 0 aromatic heterocycles. The van der Waals surface area contributed by atoms with E-state index in [9.17, 15) is 0 Å². The first-order valence-corrected chi connectivity index (χ1v) is 5.69. The highest BCUT2D eigenvalue weighted by Gasteiger charge is 1.99. The summed E-state index contributed by atoms with van der Waals surface area (Å²) in [4.78, 5) is 0. The van der Waals surface area contributed by atoms with E-state index >= 15 is 0 Å². The maximum Gasteiger partial charge on any atom is 0.0992 e. The molecule has 1 rings (SSSR count). The van der Waals surface area contributed by atoms with Gasteiger partial charge in [-0.25, -0.2) is 0 Å². The number of nitrogens with one attached hydrogen (secondary N) is 1. The summed E-state index contributed by atoms with van der Waals surface area (Å²) >= 11 is 1.77. The summed E-state index contributed by atoms with van der Waals surface area (Å²) in [6.45, 7) is 0.861. The molecule has 0 saturated carbocycles. The van der Waals surface area contributed by atoms with E-state index in [1.165, 1.54) is 0 Å². The second-order valence-corrected chi connectivity index (χ2v) is 3.82. The second kappa shape index (κ2) is 5.40. The third kappa shape index (κ3) is 2.86. The maximum absolute atomic E-state index is 8.70. The fourth-order valence-electron chi connectivity index (χ4n) is 1.07. The summed E-state index contributed by atoms with van der Waals surface area (Å²) in [5, 5.41) is 11.9. The lowest BCUT2D eigenvalue weighted by Gasteiger charge is -2.08. The Morgan fingerprint density at radius 3 is 3.00 bits per heavy atom. The lowest BCUT2D eigenvalue weighted by molar-refractivity contribution is 1.23. The fraction of sp³-hybridized carbons (Fsp3) is 0.300. The van der Waals surface area contributed by atoms with E-state index < -0.39 is 0 Å². The molecule has 0 aliphatic heterocycles. The Morgan fingerprint density at radius 1 is 1.57 bits per heavy atom. The number of hydrogen-bond acceptors (Lipinski definition) is 4. The topological polar surface area (TPSA) is 61.8 Å². The molecule has 4 heteroatoms. The van der Waals surface area contributed by atoms with Gasteiger partial charge in [0.25, 0.3) is 0 Å². The summed E-state index contributed by atoms with van der Waals surface area (Å²) < 4.78 is 0. The largest absolute Gasteiger partial charge is 0.397 e. The Labute approximate surface area is 88.3 Å². The molecule has 14 heavy (non-hydrogen) atoms. The van der Waals surface area contributed by atoms with Crippen molar-refractivity contribution in [3.63, 3.8) is 0 Å². The molecule has 0 aliphatic rings. The summed E-state index contributed by atoms with van der Waals surface area (Å²) in [6, 6.07) is 7.33. The van der Waals surface area contributed by atoms with Gasteiger partial charge in [-0.2, -0.15) is 17.0 Å². The third-order valence-electron chi connectivity index (χ3n) is 1.80. The van der Waals surface area contributed by atoms with E-state index in [2.05, 4.69) is 17.6 Å². The van der Waals surface area contributed by atoms with Gasteiger partial charge < -0.3 is 11.1 Å². The number of thioether (sulfide) groups is 1. The summed E-state index contributed by atoms with van der Waals surface area (Å²) in [7, 11) is 0. The number of nitrogens with two attached hydrogens (primary N) is 1. The first-order chi connectivity index (χ1) is 6.77. The minimum atomic E-state index is 0.630. The van der Waals surface area contributed by atoms with Crippen LogP contribution < -0.4 is 11.1 Å². The standard InChI is InChI=1S/C10H13N3S/c1-14-5-4-13-10-6-8(7-11)2-3-9(10)12/h2-3,6,13H,4-5,12H2,1H3. The van der Waals surface area contributed by atoms with Crippen LogP contribution in [0.2, 0.25) is 0 Å². The van der Waals surface area contributed by atoms with Gasteiger partial charge in [-0.1, -0.05) is 0 Å². The van der Waals surface area contributed by atoms with Crippen LogP contribution in [0.5, 0.6) is 0 Å². The van der Waals surface area contributed by atoms with Crippen molar-refractivity contribution in [2.45, 2.75) is 0 Å². The number of nitrogen functional groups attached to an aromatic ring is 1. The van der Waals surface area contributed by atoms with Crippen LogP contribution >= 0.6 is 11.8 Å². The molecule has 74 valence electrons. The van der Waals surface area contributed by atoms with Gasteiger partial charge in [0.1, 0.15) is 0 Å². The van der Waals surface area contributed by atoms with Crippen LogP contribution in [0.25, 0.3) is 0 Å². The van der Waals surface area contributed by atoms with Gasteiger partial charge in [0.15, 0.2) is 0 Å². The highest BCUT2D eigenvalue weighted by Crippen LogP contribution is 2.19. The number of anilines is 2. The Hall–Kier alpha value is -1.34. The number of benzene rings is 1. The quantitative estimate of drug-likeness (QED) is 0.585. The molecule has 0 amide bonds. The van der Waals surface area contributed by atoms with Gasteiger partial charge in [0.05, 0.1) is 23.0 Å². The number of nitrogens with zero attached hydrogens (tertiary/aromatic N) is 1. The molecule has 1 aromatic rings.